The summed E-state index contributed by atoms with van der Waals surface area (Å²) >= 11 is 11.6. The molecular weight excluding hydrogens is 297 g/mol. The van der Waals surface area contributed by atoms with Gasteiger partial charge >= 0.3 is 5.97 Å². The van der Waals surface area contributed by atoms with E-state index in [1.807, 2.05) is 0 Å². The molecular formula is C13H6Cl2F2O2. The third kappa shape index (κ3) is 2.85. The molecule has 0 aliphatic heterocycles. The fraction of sp³-hybridized carbons (Fsp3) is 0. The Kier molecular flexibility index (Phi) is 3.73. The molecule has 19 heavy (non-hydrogen) atoms. The van der Waals surface area contributed by atoms with E-state index in [1.54, 1.807) is 0 Å². The summed E-state index contributed by atoms with van der Waals surface area (Å²) in [7, 11) is 0. The molecule has 0 amide bonds. The Morgan fingerprint density at radius 1 is 0.947 bits per heavy atom. The lowest BCUT2D eigenvalue weighted by atomic mass is 9.99. The normalized spacial score (nSPS) is 10.5. The van der Waals surface area contributed by atoms with E-state index in [0.29, 0.717) is 11.6 Å². The first-order valence-electron chi connectivity index (χ1n) is 5.07. The number of carbonyl (C=O) groups is 1. The Hall–Kier alpha value is -1.65. The number of benzene rings is 2. The van der Waals surface area contributed by atoms with Gasteiger partial charge in [-0.3, -0.25) is 0 Å². The summed E-state index contributed by atoms with van der Waals surface area (Å²) in [4.78, 5) is 11.1. The number of carboxylic acids is 1. The lowest BCUT2D eigenvalue weighted by Crippen LogP contribution is -2.02. The zero-order valence-electron chi connectivity index (χ0n) is 9.25. The first kappa shape index (κ1) is 13.8. The van der Waals surface area contributed by atoms with Crippen molar-refractivity contribution in [3.8, 4) is 11.1 Å². The molecule has 2 aromatic rings. The molecule has 0 atom stereocenters. The molecule has 2 nitrogen and oxygen atoms in total. The molecule has 0 heterocycles. The van der Waals surface area contributed by atoms with Crippen LogP contribution < -0.4 is 0 Å². The SMILES string of the molecule is O=C(O)c1cc(F)c(F)cc1-c1cc(Cl)cc(Cl)c1. The molecule has 98 valence electrons. The summed E-state index contributed by atoms with van der Waals surface area (Å²) in [6.45, 7) is 0. The summed E-state index contributed by atoms with van der Waals surface area (Å²) in [6.07, 6.45) is 0. The maximum Gasteiger partial charge on any atom is 0.336 e. The fourth-order valence-electron chi connectivity index (χ4n) is 1.67. The van der Waals surface area contributed by atoms with E-state index in [0.717, 1.165) is 6.07 Å². The monoisotopic (exact) mass is 302 g/mol. The summed E-state index contributed by atoms with van der Waals surface area (Å²) in [5.74, 6) is -3.74. The van der Waals surface area contributed by atoms with Crippen molar-refractivity contribution in [3.05, 3.63) is 57.6 Å². The topological polar surface area (TPSA) is 37.3 Å². The highest BCUT2D eigenvalue weighted by Crippen LogP contribution is 2.31. The molecule has 1 N–H and O–H groups in total. The molecule has 6 heteroatoms. The predicted molar refractivity (Wildman–Crippen MR) is 68.8 cm³/mol. The summed E-state index contributed by atoms with van der Waals surface area (Å²) in [5.41, 5.74) is -0.0539. The van der Waals surface area contributed by atoms with Crippen molar-refractivity contribution in [2.24, 2.45) is 0 Å². The quantitative estimate of drug-likeness (QED) is 0.877. The van der Waals surface area contributed by atoms with Crippen molar-refractivity contribution in [3.63, 3.8) is 0 Å². The van der Waals surface area contributed by atoms with Crippen molar-refractivity contribution in [1.82, 2.24) is 0 Å². The van der Waals surface area contributed by atoms with Gasteiger partial charge in [0, 0.05) is 10.0 Å². The minimum absolute atomic E-state index is 0.0100. The van der Waals surface area contributed by atoms with Crippen molar-refractivity contribution < 1.29 is 18.7 Å². The van der Waals surface area contributed by atoms with Crippen LogP contribution in [0.4, 0.5) is 8.78 Å². The van der Waals surface area contributed by atoms with E-state index in [9.17, 15) is 13.6 Å². The fourth-order valence-corrected chi connectivity index (χ4v) is 2.20. The van der Waals surface area contributed by atoms with Gasteiger partial charge < -0.3 is 5.11 Å². The van der Waals surface area contributed by atoms with Crippen molar-refractivity contribution in [2.45, 2.75) is 0 Å². The smallest absolute Gasteiger partial charge is 0.336 e. The number of carboxylic acid groups (broad SMARTS) is 1. The minimum Gasteiger partial charge on any atom is -0.478 e. The van der Waals surface area contributed by atoms with E-state index in [-0.39, 0.29) is 21.2 Å². The highest BCUT2D eigenvalue weighted by atomic mass is 35.5. The Labute approximate surface area is 117 Å². The number of hydrogen-bond donors (Lipinski definition) is 1. The van der Waals surface area contributed by atoms with Gasteiger partial charge in [-0.05, 0) is 41.5 Å². The second kappa shape index (κ2) is 5.15. The lowest BCUT2D eigenvalue weighted by Gasteiger charge is -2.08. The van der Waals surface area contributed by atoms with Gasteiger partial charge in [0.15, 0.2) is 11.6 Å². The minimum atomic E-state index is -1.37. The van der Waals surface area contributed by atoms with Gasteiger partial charge in [0.05, 0.1) is 5.56 Å². The first-order chi connectivity index (χ1) is 8.88. The predicted octanol–water partition coefficient (Wildman–Crippen LogP) is 4.64. The maximum absolute atomic E-state index is 13.3. The number of aromatic carboxylic acids is 1. The summed E-state index contributed by atoms with van der Waals surface area (Å²) in [5, 5.41) is 9.56. The zero-order valence-corrected chi connectivity index (χ0v) is 10.8. The van der Waals surface area contributed by atoms with Gasteiger partial charge in [0.2, 0.25) is 0 Å². The van der Waals surface area contributed by atoms with Crippen LogP contribution in [0.1, 0.15) is 10.4 Å². The van der Waals surface area contributed by atoms with Crippen LogP contribution >= 0.6 is 23.2 Å². The molecule has 0 bridgehead atoms. The van der Waals surface area contributed by atoms with E-state index in [2.05, 4.69) is 0 Å². The van der Waals surface area contributed by atoms with E-state index < -0.39 is 17.6 Å². The van der Waals surface area contributed by atoms with Gasteiger partial charge in [0.25, 0.3) is 0 Å². The standard InChI is InChI=1S/C13H6Cl2F2O2/c14-7-1-6(2-8(15)3-7)9-4-11(16)12(17)5-10(9)13(18)19/h1-5H,(H,18,19). The van der Waals surface area contributed by atoms with Crippen molar-refractivity contribution >= 4 is 29.2 Å². The van der Waals surface area contributed by atoms with Crippen molar-refractivity contribution in [1.29, 1.82) is 0 Å². The molecule has 0 spiro atoms. The van der Waals surface area contributed by atoms with Crippen LogP contribution in [0, 0.1) is 11.6 Å². The van der Waals surface area contributed by atoms with Crippen LogP contribution in [0.2, 0.25) is 10.0 Å². The average Bonchev–Trinajstić information content (AvgIpc) is 2.30. The van der Waals surface area contributed by atoms with Gasteiger partial charge in [-0.15, -0.1) is 0 Å². The third-order valence-electron chi connectivity index (χ3n) is 2.46. The van der Waals surface area contributed by atoms with Crippen LogP contribution in [0.25, 0.3) is 11.1 Å². The molecule has 0 saturated carbocycles. The van der Waals surface area contributed by atoms with Crippen LogP contribution in [0.15, 0.2) is 30.3 Å². The molecule has 0 aliphatic rings. The van der Waals surface area contributed by atoms with Crippen LogP contribution in [-0.2, 0) is 0 Å². The number of hydrogen-bond acceptors (Lipinski definition) is 1. The molecule has 0 unspecified atom stereocenters. The molecule has 0 aliphatic carbocycles. The van der Waals surface area contributed by atoms with Gasteiger partial charge in [-0.25, -0.2) is 13.6 Å². The average molecular weight is 303 g/mol. The highest BCUT2D eigenvalue weighted by molar-refractivity contribution is 6.35. The first-order valence-corrected chi connectivity index (χ1v) is 5.83. The van der Waals surface area contributed by atoms with Crippen LogP contribution in [0.3, 0.4) is 0 Å². The van der Waals surface area contributed by atoms with Gasteiger partial charge in [0.1, 0.15) is 0 Å². The molecule has 0 saturated heterocycles. The largest absolute Gasteiger partial charge is 0.478 e. The third-order valence-corrected chi connectivity index (χ3v) is 2.90. The molecule has 0 fully saturated rings. The Morgan fingerprint density at radius 2 is 1.47 bits per heavy atom. The van der Waals surface area contributed by atoms with E-state index in [1.165, 1.54) is 18.2 Å². The Bertz CT molecular complexity index is 652. The Balaban J connectivity index is 2.73. The van der Waals surface area contributed by atoms with Gasteiger partial charge in [-0.1, -0.05) is 23.2 Å². The van der Waals surface area contributed by atoms with E-state index >= 15 is 0 Å². The van der Waals surface area contributed by atoms with Crippen LogP contribution in [-0.4, -0.2) is 11.1 Å². The van der Waals surface area contributed by atoms with Crippen LogP contribution in [0.5, 0.6) is 0 Å². The van der Waals surface area contributed by atoms with E-state index in [4.69, 9.17) is 28.3 Å². The second-order valence-corrected chi connectivity index (χ2v) is 4.65. The molecule has 0 aromatic heterocycles. The lowest BCUT2D eigenvalue weighted by molar-refractivity contribution is 0.0697. The highest BCUT2D eigenvalue weighted by Gasteiger charge is 2.17. The molecule has 2 rings (SSSR count). The van der Waals surface area contributed by atoms with Gasteiger partial charge in [-0.2, -0.15) is 0 Å². The summed E-state index contributed by atoms with van der Waals surface area (Å²) < 4.78 is 26.4. The second-order valence-electron chi connectivity index (χ2n) is 3.78. The Morgan fingerprint density at radius 3 is 2.00 bits per heavy atom. The maximum atomic E-state index is 13.3. The number of rotatable bonds is 2. The number of halogens is 4. The summed E-state index contributed by atoms with van der Waals surface area (Å²) in [6, 6.07) is 5.73. The molecule has 2 aromatic carbocycles. The van der Waals surface area contributed by atoms with Crippen molar-refractivity contribution in [2.75, 3.05) is 0 Å². The zero-order chi connectivity index (χ0) is 14.2. The molecule has 0 radical (unpaired) electrons.